The van der Waals surface area contributed by atoms with Crippen LogP contribution in [0.25, 0.3) is 18.2 Å². The average molecular weight is 485 g/mol. The van der Waals surface area contributed by atoms with E-state index in [1.165, 1.54) is 55.4 Å². The maximum Gasteiger partial charge on any atom is 0.163 e. The Kier molecular flexibility index (Phi) is 9.32. The molecular weight excluding hydrogens is 448 g/mol. The van der Waals surface area contributed by atoms with E-state index in [0.29, 0.717) is 11.7 Å². The van der Waals surface area contributed by atoms with Crippen molar-refractivity contribution in [1.82, 2.24) is 0 Å². The van der Waals surface area contributed by atoms with E-state index in [9.17, 15) is 9.59 Å². The van der Waals surface area contributed by atoms with Gasteiger partial charge >= 0.3 is 0 Å². The van der Waals surface area contributed by atoms with Crippen molar-refractivity contribution in [2.45, 2.75) is 57.8 Å². The molecule has 4 heteroatoms. The first-order valence-electron chi connectivity index (χ1n) is 13.1. The molecule has 4 rings (SSSR count). The smallest absolute Gasteiger partial charge is 0.163 e. The van der Waals surface area contributed by atoms with Crippen LogP contribution in [0.1, 0.15) is 73.6 Å². The number of hydrogen-bond acceptors (Lipinski definition) is 4. The molecule has 188 valence electrons. The van der Waals surface area contributed by atoms with Crippen LogP contribution in [0.5, 0.6) is 11.5 Å². The van der Waals surface area contributed by atoms with Gasteiger partial charge in [0.1, 0.15) is 11.5 Å². The SMILES string of the molecule is COc1cc(OCC2CCCCC2)ccc1/C=C/C(=O)CC(=O)/C=C/c1ccc2c(c1)CCCC=C2. The van der Waals surface area contributed by atoms with Gasteiger partial charge in [0, 0.05) is 11.6 Å². The summed E-state index contributed by atoms with van der Waals surface area (Å²) in [6, 6.07) is 11.9. The molecule has 0 spiro atoms. The topological polar surface area (TPSA) is 52.6 Å². The van der Waals surface area contributed by atoms with E-state index in [0.717, 1.165) is 42.7 Å². The Bertz CT molecular complexity index is 1150. The average Bonchev–Trinajstić information content (AvgIpc) is 3.15. The van der Waals surface area contributed by atoms with Crippen molar-refractivity contribution in [2.24, 2.45) is 5.92 Å². The molecule has 1 saturated carbocycles. The number of allylic oxidation sites excluding steroid dienone is 3. The number of aryl methyl sites for hydroxylation is 1. The molecular formula is C32H36O4. The second-order valence-corrected chi connectivity index (χ2v) is 9.75. The zero-order valence-corrected chi connectivity index (χ0v) is 21.2. The molecule has 0 unspecified atom stereocenters. The molecule has 1 fully saturated rings. The lowest BCUT2D eigenvalue weighted by Crippen LogP contribution is -2.15. The molecule has 0 amide bonds. The summed E-state index contributed by atoms with van der Waals surface area (Å²) in [5.41, 5.74) is 4.31. The van der Waals surface area contributed by atoms with Crippen molar-refractivity contribution >= 4 is 29.8 Å². The third-order valence-electron chi connectivity index (χ3n) is 6.96. The Morgan fingerprint density at radius 3 is 2.56 bits per heavy atom. The first-order chi connectivity index (χ1) is 17.6. The van der Waals surface area contributed by atoms with Crippen LogP contribution in [0.15, 0.2) is 54.6 Å². The van der Waals surface area contributed by atoms with E-state index in [-0.39, 0.29) is 18.0 Å². The van der Waals surface area contributed by atoms with E-state index in [1.54, 1.807) is 19.3 Å². The van der Waals surface area contributed by atoms with Gasteiger partial charge in [0.05, 0.1) is 20.1 Å². The monoisotopic (exact) mass is 484 g/mol. The maximum atomic E-state index is 12.4. The lowest BCUT2D eigenvalue weighted by Gasteiger charge is -2.21. The minimum absolute atomic E-state index is 0.161. The number of methoxy groups -OCH3 is 1. The van der Waals surface area contributed by atoms with Gasteiger partial charge < -0.3 is 9.47 Å². The van der Waals surface area contributed by atoms with Crippen molar-refractivity contribution in [3.05, 3.63) is 76.9 Å². The van der Waals surface area contributed by atoms with Crippen LogP contribution in [-0.4, -0.2) is 25.3 Å². The second kappa shape index (κ2) is 13.1. The summed E-state index contributed by atoms with van der Waals surface area (Å²) in [4.78, 5) is 24.8. The fourth-order valence-electron chi connectivity index (χ4n) is 4.88. The molecule has 2 aromatic rings. The molecule has 2 aliphatic carbocycles. The van der Waals surface area contributed by atoms with E-state index >= 15 is 0 Å². The largest absolute Gasteiger partial charge is 0.496 e. The fourth-order valence-corrected chi connectivity index (χ4v) is 4.88. The zero-order valence-electron chi connectivity index (χ0n) is 21.2. The van der Waals surface area contributed by atoms with Crippen molar-refractivity contribution in [3.8, 4) is 11.5 Å². The summed E-state index contributed by atoms with van der Waals surface area (Å²) in [6.07, 6.45) is 20.3. The molecule has 0 atom stereocenters. The Morgan fingerprint density at radius 2 is 1.75 bits per heavy atom. The summed E-state index contributed by atoms with van der Waals surface area (Å²) in [7, 11) is 1.60. The van der Waals surface area contributed by atoms with Gasteiger partial charge in [0.15, 0.2) is 11.6 Å². The van der Waals surface area contributed by atoms with Gasteiger partial charge in [0.25, 0.3) is 0 Å². The Balaban J connectivity index is 1.30. The van der Waals surface area contributed by atoms with Crippen molar-refractivity contribution in [2.75, 3.05) is 13.7 Å². The predicted octanol–water partition coefficient (Wildman–Crippen LogP) is 7.26. The number of hydrogen-bond donors (Lipinski definition) is 0. The van der Waals surface area contributed by atoms with Crippen molar-refractivity contribution < 1.29 is 19.1 Å². The highest BCUT2D eigenvalue weighted by atomic mass is 16.5. The number of fused-ring (bicyclic) bond motifs is 1. The molecule has 0 N–H and O–H groups in total. The summed E-state index contributed by atoms with van der Waals surface area (Å²) < 4.78 is 11.5. The fraction of sp³-hybridized carbons (Fsp3) is 0.375. The van der Waals surface area contributed by atoms with Gasteiger partial charge in [-0.3, -0.25) is 9.59 Å². The summed E-state index contributed by atoms with van der Waals surface area (Å²) in [5, 5.41) is 0. The number of benzene rings is 2. The molecule has 0 bridgehead atoms. The number of carbonyl (C=O) groups excluding carboxylic acids is 2. The van der Waals surface area contributed by atoms with Crippen molar-refractivity contribution in [1.29, 1.82) is 0 Å². The summed E-state index contributed by atoms with van der Waals surface area (Å²) >= 11 is 0. The van der Waals surface area contributed by atoms with Crippen LogP contribution in [0.3, 0.4) is 0 Å². The van der Waals surface area contributed by atoms with Crippen LogP contribution in [0, 0.1) is 5.92 Å². The van der Waals surface area contributed by atoms with Gasteiger partial charge in [0.2, 0.25) is 0 Å². The number of ketones is 2. The molecule has 2 aliphatic rings. The van der Waals surface area contributed by atoms with E-state index in [2.05, 4.69) is 24.3 Å². The number of ether oxygens (including phenoxy) is 2. The van der Waals surface area contributed by atoms with Crippen LogP contribution >= 0.6 is 0 Å². The van der Waals surface area contributed by atoms with E-state index in [1.807, 2.05) is 24.3 Å². The van der Waals surface area contributed by atoms with Crippen LogP contribution in [0.2, 0.25) is 0 Å². The highest BCUT2D eigenvalue weighted by molar-refractivity contribution is 6.11. The number of carbonyl (C=O) groups is 2. The molecule has 0 radical (unpaired) electrons. The highest BCUT2D eigenvalue weighted by Crippen LogP contribution is 2.28. The molecule has 4 nitrogen and oxygen atoms in total. The maximum absolute atomic E-state index is 12.4. The standard InChI is InChI=1S/C32H36O4/c1-35-32-22-31(36-23-25-8-4-2-5-9-25)19-16-27(32)15-18-30(34)21-29(33)17-13-24-12-14-26-10-6-3-7-11-28(26)20-24/h6,10,12-20,22,25H,2-5,7-9,11,21,23H2,1H3/b17-13+,18-15+. The van der Waals surface area contributed by atoms with E-state index < -0.39 is 0 Å². The van der Waals surface area contributed by atoms with Gasteiger partial charge in [-0.05, 0) is 85.1 Å². The van der Waals surface area contributed by atoms with Gasteiger partial charge in [-0.15, -0.1) is 0 Å². The molecule has 2 aromatic carbocycles. The molecule has 36 heavy (non-hydrogen) atoms. The molecule has 0 aliphatic heterocycles. The second-order valence-electron chi connectivity index (χ2n) is 9.75. The normalized spacial score (nSPS) is 16.1. The van der Waals surface area contributed by atoms with Gasteiger partial charge in [-0.25, -0.2) is 0 Å². The van der Waals surface area contributed by atoms with Crippen LogP contribution in [0.4, 0.5) is 0 Å². The lowest BCUT2D eigenvalue weighted by molar-refractivity contribution is -0.121. The molecule has 0 heterocycles. The van der Waals surface area contributed by atoms with Crippen molar-refractivity contribution in [3.63, 3.8) is 0 Å². The third kappa shape index (κ3) is 7.55. The first kappa shape index (κ1) is 25.7. The summed E-state index contributed by atoms with van der Waals surface area (Å²) in [5.74, 6) is 1.59. The first-order valence-corrected chi connectivity index (χ1v) is 13.1. The zero-order chi connectivity index (χ0) is 25.2. The minimum Gasteiger partial charge on any atom is -0.496 e. The predicted molar refractivity (Wildman–Crippen MR) is 146 cm³/mol. The Labute approximate surface area is 214 Å². The highest BCUT2D eigenvalue weighted by Gasteiger charge is 2.14. The van der Waals surface area contributed by atoms with Gasteiger partial charge in [-0.1, -0.05) is 55.7 Å². The van der Waals surface area contributed by atoms with Gasteiger partial charge in [-0.2, -0.15) is 0 Å². The third-order valence-corrected chi connectivity index (χ3v) is 6.96. The molecule has 0 saturated heterocycles. The number of rotatable bonds is 10. The molecule has 0 aromatic heterocycles. The Morgan fingerprint density at radius 1 is 0.944 bits per heavy atom. The quantitative estimate of drug-likeness (QED) is 0.263. The van der Waals surface area contributed by atoms with E-state index in [4.69, 9.17) is 9.47 Å². The Hall–Kier alpha value is -3.40. The minimum atomic E-state index is -0.239. The van der Waals surface area contributed by atoms with Crippen LogP contribution < -0.4 is 9.47 Å². The van der Waals surface area contributed by atoms with Crippen LogP contribution in [-0.2, 0) is 16.0 Å². The summed E-state index contributed by atoms with van der Waals surface area (Å²) in [6.45, 7) is 0.731. The lowest BCUT2D eigenvalue weighted by atomic mass is 9.90.